The lowest BCUT2D eigenvalue weighted by Gasteiger charge is -2.10. The predicted octanol–water partition coefficient (Wildman–Crippen LogP) is 3.52. The molecule has 0 aromatic heterocycles. The Labute approximate surface area is 160 Å². The largest absolute Gasteiger partial charge is 0.494 e. The first kappa shape index (κ1) is 20.3. The number of nitrogens with one attached hydrogen (secondary N) is 3. The highest BCUT2D eigenvalue weighted by Gasteiger charge is 2.05. The highest BCUT2D eigenvalue weighted by Crippen LogP contribution is 2.16. The van der Waals surface area contributed by atoms with Gasteiger partial charge >= 0.3 is 0 Å². The molecule has 6 nitrogen and oxygen atoms in total. The minimum absolute atomic E-state index is 0.144. The van der Waals surface area contributed by atoms with Crippen LogP contribution in [0.25, 0.3) is 0 Å². The van der Waals surface area contributed by atoms with Gasteiger partial charge in [0.05, 0.1) is 13.2 Å². The van der Waals surface area contributed by atoms with Gasteiger partial charge < -0.3 is 20.7 Å². The summed E-state index contributed by atoms with van der Waals surface area (Å²) in [5.41, 5.74) is 2.03. The number of hydrogen-bond donors (Lipinski definition) is 3. The fourth-order valence-electron chi connectivity index (χ4n) is 2.32. The van der Waals surface area contributed by atoms with E-state index in [4.69, 9.17) is 4.74 Å². The molecule has 27 heavy (non-hydrogen) atoms. The Balaban J connectivity index is 1.77. The summed E-state index contributed by atoms with van der Waals surface area (Å²) in [7, 11) is 1.58. The zero-order chi connectivity index (χ0) is 19.6. The normalized spacial score (nSPS) is 10.4. The molecule has 144 valence electrons. The molecule has 0 bridgehead atoms. The first-order chi connectivity index (χ1) is 13.0. The summed E-state index contributed by atoms with van der Waals surface area (Å²) in [4.78, 5) is 23.6. The lowest BCUT2D eigenvalue weighted by Crippen LogP contribution is -2.22. The number of carbonyl (C=O) groups excluding carboxylic acids is 2. The molecule has 0 fully saturated rings. The summed E-state index contributed by atoms with van der Waals surface area (Å²) >= 11 is 0. The fraction of sp³-hybridized carbons (Fsp3) is 0.333. The molecule has 0 saturated heterocycles. The van der Waals surface area contributed by atoms with Crippen LogP contribution in [0.2, 0.25) is 0 Å². The minimum atomic E-state index is -0.167. The van der Waals surface area contributed by atoms with Crippen molar-refractivity contribution in [1.29, 1.82) is 0 Å². The van der Waals surface area contributed by atoms with Crippen LogP contribution in [0.4, 0.5) is 11.4 Å². The van der Waals surface area contributed by atoms with Crippen molar-refractivity contribution in [1.82, 2.24) is 5.32 Å². The van der Waals surface area contributed by atoms with E-state index in [1.165, 1.54) is 0 Å². The SMILES string of the molecule is CNC(=O)c1ccc(NC(=O)CNc2ccc(OCCC(C)C)cc2)cc1. The number of amides is 2. The van der Waals surface area contributed by atoms with E-state index < -0.39 is 0 Å². The maximum Gasteiger partial charge on any atom is 0.251 e. The second-order valence-corrected chi connectivity index (χ2v) is 6.61. The van der Waals surface area contributed by atoms with E-state index in [9.17, 15) is 9.59 Å². The quantitative estimate of drug-likeness (QED) is 0.632. The van der Waals surface area contributed by atoms with Crippen molar-refractivity contribution < 1.29 is 14.3 Å². The molecule has 0 unspecified atom stereocenters. The lowest BCUT2D eigenvalue weighted by atomic mass is 10.1. The highest BCUT2D eigenvalue weighted by molar-refractivity contribution is 5.96. The zero-order valence-corrected chi connectivity index (χ0v) is 16.0. The molecule has 0 heterocycles. The second kappa shape index (κ2) is 10.2. The Kier molecular flexibility index (Phi) is 7.67. The van der Waals surface area contributed by atoms with Crippen LogP contribution < -0.4 is 20.7 Å². The number of anilines is 2. The van der Waals surface area contributed by atoms with E-state index in [2.05, 4.69) is 29.8 Å². The molecule has 6 heteroatoms. The Morgan fingerprint density at radius 3 is 2.19 bits per heavy atom. The van der Waals surface area contributed by atoms with Gasteiger partial charge in [-0.3, -0.25) is 9.59 Å². The Morgan fingerprint density at radius 1 is 0.963 bits per heavy atom. The van der Waals surface area contributed by atoms with Gasteiger partial charge in [-0.2, -0.15) is 0 Å². The van der Waals surface area contributed by atoms with Gasteiger partial charge in [0.15, 0.2) is 0 Å². The van der Waals surface area contributed by atoms with E-state index in [-0.39, 0.29) is 18.4 Å². The van der Waals surface area contributed by atoms with E-state index in [0.29, 0.717) is 23.8 Å². The van der Waals surface area contributed by atoms with Crippen molar-refractivity contribution in [2.45, 2.75) is 20.3 Å². The maximum absolute atomic E-state index is 12.1. The van der Waals surface area contributed by atoms with Gasteiger partial charge in [0.25, 0.3) is 5.91 Å². The first-order valence-corrected chi connectivity index (χ1v) is 9.06. The average molecular weight is 369 g/mol. The molecule has 0 aliphatic rings. The standard InChI is InChI=1S/C21H27N3O3/c1-15(2)12-13-27-19-10-8-17(9-11-19)23-14-20(25)24-18-6-4-16(5-7-18)21(26)22-3/h4-11,15,23H,12-14H2,1-3H3,(H,22,26)(H,24,25). The predicted molar refractivity (Wildman–Crippen MR) is 108 cm³/mol. The summed E-state index contributed by atoms with van der Waals surface area (Å²) < 4.78 is 5.68. The van der Waals surface area contributed by atoms with E-state index >= 15 is 0 Å². The van der Waals surface area contributed by atoms with Gasteiger partial charge in [-0.15, -0.1) is 0 Å². The molecule has 2 rings (SSSR count). The summed E-state index contributed by atoms with van der Waals surface area (Å²) in [5, 5.41) is 8.42. The summed E-state index contributed by atoms with van der Waals surface area (Å²) in [5.74, 6) is 1.11. The smallest absolute Gasteiger partial charge is 0.251 e. The Morgan fingerprint density at radius 2 is 1.59 bits per heavy atom. The summed E-state index contributed by atoms with van der Waals surface area (Å²) in [6.45, 7) is 5.17. The highest BCUT2D eigenvalue weighted by atomic mass is 16.5. The van der Waals surface area contributed by atoms with Crippen molar-refractivity contribution in [3.05, 3.63) is 54.1 Å². The van der Waals surface area contributed by atoms with Crippen molar-refractivity contribution in [2.24, 2.45) is 5.92 Å². The van der Waals surface area contributed by atoms with Crippen LogP contribution in [0.3, 0.4) is 0 Å². The molecule has 2 amide bonds. The van der Waals surface area contributed by atoms with Crippen LogP contribution in [-0.2, 0) is 4.79 Å². The molecule has 0 aliphatic heterocycles. The lowest BCUT2D eigenvalue weighted by molar-refractivity contribution is -0.114. The van der Waals surface area contributed by atoms with Crippen LogP contribution in [0, 0.1) is 5.92 Å². The summed E-state index contributed by atoms with van der Waals surface area (Å²) in [6, 6.07) is 14.3. The van der Waals surface area contributed by atoms with Crippen LogP contribution in [0.15, 0.2) is 48.5 Å². The Bertz CT molecular complexity index is 740. The van der Waals surface area contributed by atoms with Gasteiger partial charge in [0.2, 0.25) is 5.91 Å². The number of rotatable bonds is 9. The van der Waals surface area contributed by atoms with E-state index in [1.807, 2.05) is 24.3 Å². The molecular weight excluding hydrogens is 342 g/mol. The number of benzene rings is 2. The second-order valence-electron chi connectivity index (χ2n) is 6.61. The number of carbonyl (C=O) groups is 2. The van der Waals surface area contributed by atoms with Gasteiger partial charge in [-0.05, 0) is 60.9 Å². The van der Waals surface area contributed by atoms with Crippen molar-refractivity contribution in [2.75, 3.05) is 30.8 Å². The van der Waals surface area contributed by atoms with Gasteiger partial charge in [-0.1, -0.05) is 13.8 Å². The van der Waals surface area contributed by atoms with Crippen LogP contribution >= 0.6 is 0 Å². The molecule has 0 radical (unpaired) electrons. The van der Waals surface area contributed by atoms with Crippen LogP contribution in [0.5, 0.6) is 5.75 Å². The van der Waals surface area contributed by atoms with Gasteiger partial charge in [0.1, 0.15) is 5.75 Å². The fourth-order valence-corrected chi connectivity index (χ4v) is 2.32. The topological polar surface area (TPSA) is 79.5 Å². The average Bonchev–Trinajstić information content (AvgIpc) is 2.67. The zero-order valence-electron chi connectivity index (χ0n) is 16.0. The Hall–Kier alpha value is -3.02. The number of ether oxygens (including phenoxy) is 1. The van der Waals surface area contributed by atoms with Crippen LogP contribution in [0.1, 0.15) is 30.6 Å². The van der Waals surface area contributed by atoms with Crippen molar-refractivity contribution in [3.63, 3.8) is 0 Å². The molecule has 0 atom stereocenters. The number of hydrogen-bond acceptors (Lipinski definition) is 4. The molecular formula is C21H27N3O3. The van der Waals surface area contributed by atoms with Crippen LogP contribution in [-0.4, -0.2) is 32.0 Å². The maximum atomic E-state index is 12.1. The molecule has 0 aliphatic carbocycles. The molecule has 0 spiro atoms. The monoisotopic (exact) mass is 369 g/mol. The first-order valence-electron chi connectivity index (χ1n) is 9.06. The van der Waals surface area contributed by atoms with Crippen molar-refractivity contribution in [3.8, 4) is 5.75 Å². The molecule has 3 N–H and O–H groups in total. The molecule has 2 aromatic carbocycles. The minimum Gasteiger partial charge on any atom is -0.494 e. The van der Waals surface area contributed by atoms with Gasteiger partial charge in [-0.25, -0.2) is 0 Å². The van der Waals surface area contributed by atoms with E-state index in [1.54, 1.807) is 31.3 Å². The van der Waals surface area contributed by atoms with Gasteiger partial charge in [0, 0.05) is 24.0 Å². The van der Waals surface area contributed by atoms with Crippen molar-refractivity contribution >= 4 is 23.2 Å². The third kappa shape index (κ3) is 7.01. The van der Waals surface area contributed by atoms with E-state index in [0.717, 1.165) is 17.9 Å². The third-order valence-electron chi connectivity index (χ3n) is 3.93. The summed E-state index contributed by atoms with van der Waals surface area (Å²) in [6.07, 6.45) is 1.02. The third-order valence-corrected chi connectivity index (χ3v) is 3.93. The molecule has 0 saturated carbocycles. The molecule has 2 aromatic rings.